The lowest BCUT2D eigenvalue weighted by Gasteiger charge is -2.13. The van der Waals surface area contributed by atoms with E-state index in [1.165, 1.54) is 146 Å². The predicted octanol–water partition coefficient (Wildman–Crippen LogP) is 13.9. The first-order valence-electron chi connectivity index (χ1n) is 21.4. The van der Waals surface area contributed by atoms with Gasteiger partial charge < -0.3 is 10.1 Å². The molecule has 0 aliphatic rings. The predicted molar refractivity (Wildman–Crippen MR) is 222 cm³/mol. The van der Waals surface area contributed by atoms with Crippen LogP contribution in [-0.2, 0) is 17.6 Å². The number of ether oxygens (including phenoxy) is 1. The minimum absolute atomic E-state index is 0.0622. The fraction of sp³-hybridized carbons (Fsp3) is 0.723. The Bertz CT molecular complexity index is 1010. The van der Waals surface area contributed by atoms with Crippen molar-refractivity contribution in [3.05, 3.63) is 65.8 Å². The van der Waals surface area contributed by atoms with Gasteiger partial charge in [0.1, 0.15) is 11.5 Å². The Kier molecular flexibility index (Phi) is 31.2. The number of allylic oxidation sites excluding steroid dienone is 6. The molecule has 2 unspecified atom stereocenters. The van der Waals surface area contributed by atoms with Crippen LogP contribution in [0.2, 0.25) is 0 Å². The van der Waals surface area contributed by atoms with Crippen molar-refractivity contribution in [1.29, 1.82) is 0 Å². The fourth-order valence-corrected chi connectivity index (χ4v) is 6.59. The zero-order valence-electron chi connectivity index (χ0n) is 33.8. The first-order chi connectivity index (χ1) is 24.5. The lowest BCUT2D eigenvalue weighted by Crippen LogP contribution is -2.23. The summed E-state index contributed by atoms with van der Waals surface area (Å²) in [5, 5.41) is 3.14. The molecule has 0 aliphatic carbocycles. The van der Waals surface area contributed by atoms with E-state index >= 15 is 0 Å². The highest BCUT2D eigenvalue weighted by atomic mass is 16.5. The number of carbonyl (C=O) groups is 1. The van der Waals surface area contributed by atoms with Crippen LogP contribution in [0.1, 0.15) is 187 Å². The van der Waals surface area contributed by atoms with Gasteiger partial charge in [-0.05, 0) is 107 Å². The molecule has 0 saturated carbocycles. The van der Waals surface area contributed by atoms with Gasteiger partial charge in [0.25, 0.3) is 0 Å². The zero-order chi connectivity index (χ0) is 36.3. The van der Waals surface area contributed by atoms with Gasteiger partial charge in [-0.2, -0.15) is 0 Å². The third kappa shape index (κ3) is 27.6. The molecular weight excluding hydrogens is 611 g/mol. The second kappa shape index (κ2) is 34.0. The lowest BCUT2D eigenvalue weighted by atomic mass is 9.97. The maximum atomic E-state index is 12.7. The molecule has 0 saturated heterocycles. The van der Waals surface area contributed by atoms with Gasteiger partial charge in [-0.15, -0.1) is 0 Å². The highest BCUT2D eigenvalue weighted by Crippen LogP contribution is 2.22. The minimum Gasteiger partial charge on any atom is -0.494 e. The van der Waals surface area contributed by atoms with Crippen LogP contribution in [-0.4, -0.2) is 26.0 Å². The van der Waals surface area contributed by atoms with Gasteiger partial charge in [-0.3, -0.25) is 4.79 Å². The summed E-state index contributed by atoms with van der Waals surface area (Å²) in [4.78, 5) is 12.7. The van der Waals surface area contributed by atoms with E-state index in [1.54, 1.807) is 0 Å². The second-order valence-corrected chi connectivity index (χ2v) is 15.1. The molecule has 0 aliphatic heterocycles. The van der Waals surface area contributed by atoms with E-state index in [4.69, 9.17) is 4.74 Å². The highest BCUT2D eigenvalue weighted by Gasteiger charge is 2.13. The van der Waals surface area contributed by atoms with Gasteiger partial charge in [0.2, 0.25) is 0 Å². The molecular formula is C47H81NO2. The molecule has 3 nitrogen and oxygen atoms in total. The van der Waals surface area contributed by atoms with E-state index in [9.17, 15) is 4.79 Å². The standard InChI is InChI=1S/C47H81NO2/c1-6-8-10-11-12-13-14-15-16-17-18-19-23-26-30-34-44-38-45(35-36-47(49)43(4)41-48-5)40-46(39-44)50-37-31-27-24-21-20-22-25-29-33-42(3)32-28-9-7-2/h12-15,25,29,38-40,42-43,48H,6-11,16-24,26-28,30-37,41H2,1-5H3/b13-12+,15-14+,29-25+. The molecule has 1 rings (SSSR count). The lowest BCUT2D eigenvalue weighted by molar-refractivity contribution is -0.122. The average Bonchev–Trinajstić information content (AvgIpc) is 3.11. The van der Waals surface area contributed by atoms with Crippen LogP contribution in [0.15, 0.2) is 54.7 Å². The Labute approximate surface area is 311 Å². The number of Topliss-reactive ketones (excluding diaryl/α,β-unsaturated/α-hetero) is 1. The molecule has 1 aromatic rings. The van der Waals surface area contributed by atoms with Crippen molar-refractivity contribution < 1.29 is 9.53 Å². The number of rotatable bonds is 35. The second-order valence-electron chi connectivity index (χ2n) is 15.1. The molecule has 2 atom stereocenters. The van der Waals surface area contributed by atoms with Crippen molar-refractivity contribution in [2.24, 2.45) is 11.8 Å². The first kappa shape index (κ1) is 45.9. The van der Waals surface area contributed by atoms with Crippen LogP contribution in [0.4, 0.5) is 0 Å². The number of ketones is 1. The molecule has 1 aromatic carbocycles. The molecule has 1 N–H and O–H groups in total. The van der Waals surface area contributed by atoms with Crippen LogP contribution >= 0.6 is 0 Å². The summed E-state index contributed by atoms with van der Waals surface area (Å²) in [7, 11) is 1.92. The normalized spacial score (nSPS) is 13.2. The number of aryl methyl sites for hydroxylation is 2. The quantitative estimate of drug-likeness (QED) is 0.0437. The Balaban J connectivity index is 2.38. The Morgan fingerprint density at radius 2 is 1.22 bits per heavy atom. The number of hydrogen-bond donors (Lipinski definition) is 1. The van der Waals surface area contributed by atoms with Crippen molar-refractivity contribution in [3.63, 3.8) is 0 Å². The topological polar surface area (TPSA) is 38.3 Å². The summed E-state index contributed by atoms with van der Waals surface area (Å²) in [6, 6.07) is 6.78. The highest BCUT2D eigenvalue weighted by molar-refractivity contribution is 5.81. The van der Waals surface area contributed by atoms with Crippen molar-refractivity contribution in [2.45, 2.75) is 188 Å². The molecule has 0 aromatic heterocycles. The third-order valence-electron chi connectivity index (χ3n) is 9.98. The maximum Gasteiger partial charge on any atom is 0.137 e. The molecule has 3 heteroatoms. The van der Waals surface area contributed by atoms with Crippen LogP contribution in [0, 0.1) is 11.8 Å². The summed E-state index contributed by atoms with van der Waals surface area (Å²) in [6.45, 7) is 10.5. The van der Waals surface area contributed by atoms with Crippen molar-refractivity contribution in [3.8, 4) is 5.75 Å². The van der Waals surface area contributed by atoms with E-state index in [2.05, 4.69) is 80.7 Å². The van der Waals surface area contributed by atoms with Gasteiger partial charge in [0.05, 0.1) is 6.61 Å². The smallest absolute Gasteiger partial charge is 0.137 e. The van der Waals surface area contributed by atoms with Crippen molar-refractivity contribution in [1.82, 2.24) is 5.32 Å². The number of hydrogen-bond acceptors (Lipinski definition) is 3. The first-order valence-corrected chi connectivity index (χ1v) is 21.4. The van der Waals surface area contributed by atoms with Gasteiger partial charge in [-0.25, -0.2) is 0 Å². The zero-order valence-corrected chi connectivity index (χ0v) is 33.8. The summed E-state index contributed by atoms with van der Waals surface area (Å²) in [6.07, 6.45) is 44.7. The molecule has 0 spiro atoms. The monoisotopic (exact) mass is 692 g/mol. The largest absolute Gasteiger partial charge is 0.494 e. The molecule has 0 amide bonds. The molecule has 50 heavy (non-hydrogen) atoms. The number of carbonyl (C=O) groups excluding carboxylic acids is 1. The van der Waals surface area contributed by atoms with E-state index in [-0.39, 0.29) is 5.92 Å². The van der Waals surface area contributed by atoms with Crippen molar-refractivity contribution >= 4 is 5.78 Å². The molecule has 0 radical (unpaired) electrons. The van der Waals surface area contributed by atoms with Crippen LogP contribution in [0.3, 0.4) is 0 Å². The Morgan fingerprint density at radius 3 is 1.88 bits per heavy atom. The number of benzene rings is 1. The van der Waals surface area contributed by atoms with E-state index in [0.717, 1.165) is 44.1 Å². The van der Waals surface area contributed by atoms with E-state index < -0.39 is 0 Å². The SMILES string of the molecule is CCCCC/C=C/C=C/CCCCCCCCc1cc(CCC(=O)C(C)CNC)cc(OCCCCCCC/C=C/CC(C)CCCCC)c1. The molecule has 286 valence electrons. The summed E-state index contributed by atoms with van der Waals surface area (Å²) in [5.41, 5.74) is 2.61. The molecule has 0 fully saturated rings. The van der Waals surface area contributed by atoms with E-state index in [1.807, 2.05) is 14.0 Å². The maximum absolute atomic E-state index is 12.7. The van der Waals surface area contributed by atoms with Gasteiger partial charge in [0, 0.05) is 18.9 Å². The Hall–Kier alpha value is -2.13. The van der Waals surface area contributed by atoms with Crippen LogP contribution in [0.5, 0.6) is 5.75 Å². The Morgan fingerprint density at radius 1 is 0.660 bits per heavy atom. The van der Waals surface area contributed by atoms with Crippen molar-refractivity contribution in [2.75, 3.05) is 20.2 Å². The fourth-order valence-electron chi connectivity index (χ4n) is 6.59. The van der Waals surface area contributed by atoms with Gasteiger partial charge in [0.15, 0.2) is 0 Å². The summed E-state index contributed by atoms with van der Waals surface area (Å²) in [5.74, 6) is 2.22. The third-order valence-corrected chi connectivity index (χ3v) is 9.98. The molecule has 0 heterocycles. The summed E-state index contributed by atoms with van der Waals surface area (Å²) < 4.78 is 6.31. The van der Waals surface area contributed by atoms with Crippen LogP contribution < -0.4 is 10.1 Å². The summed E-state index contributed by atoms with van der Waals surface area (Å²) >= 11 is 0. The number of nitrogens with one attached hydrogen (secondary N) is 1. The molecule has 0 bridgehead atoms. The van der Waals surface area contributed by atoms with Gasteiger partial charge in [-0.1, -0.05) is 154 Å². The minimum atomic E-state index is 0.0622. The van der Waals surface area contributed by atoms with E-state index in [0.29, 0.717) is 12.2 Å². The van der Waals surface area contributed by atoms with Gasteiger partial charge >= 0.3 is 0 Å². The average molecular weight is 692 g/mol. The number of unbranched alkanes of at least 4 members (excludes halogenated alkanes) is 16. The van der Waals surface area contributed by atoms with Crippen LogP contribution in [0.25, 0.3) is 0 Å².